The smallest absolute Gasteiger partial charge is 0.233 e. The Morgan fingerprint density at radius 1 is 1.19 bits per heavy atom. The molecule has 6 heteroatoms. The maximum Gasteiger partial charge on any atom is 0.233 e. The SMILES string of the molecule is Cc1noc2c1[C@H](c1ccsc1)C1=C(C[C@H](c3ccc(O)cc3)CC1=O)N2. The molecule has 1 aliphatic carbocycles. The molecule has 1 aliphatic heterocycles. The fourth-order valence-electron chi connectivity index (χ4n) is 4.23. The Bertz CT molecular complexity index is 1050. The predicted octanol–water partition coefficient (Wildman–Crippen LogP) is 4.71. The minimum atomic E-state index is -0.123. The zero-order chi connectivity index (χ0) is 18.5. The van der Waals surface area contributed by atoms with Crippen LogP contribution in [-0.2, 0) is 4.79 Å². The van der Waals surface area contributed by atoms with Gasteiger partial charge in [0, 0.05) is 23.6 Å². The number of hydrogen-bond acceptors (Lipinski definition) is 6. The molecule has 5 nitrogen and oxygen atoms in total. The number of benzene rings is 1. The van der Waals surface area contributed by atoms with Crippen LogP contribution in [0.5, 0.6) is 5.75 Å². The molecule has 0 spiro atoms. The van der Waals surface area contributed by atoms with Gasteiger partial charge in [-0.25, -0.2) is 0 Å². The van der Waals surface area contributed by atoms with Gasteiger partial charge in [-0.3, -0.25) is 4.79 Å². The van der Waals surface area contributed by atoms with Crippen LogP contribution in [0.1, 0.15) is 47.1 Å². The van der Waals surface area contributed by atoms with Gasteiger partial charge in [0.25, 0.3) is 0 Å². The number of fused-ring (bicyclic) bond motifs is 1. The van der Waals surface area contributed by atoms with Crippen LogP contribution < -0.4 is 5.32 Å². The summed E-state index contributed by atoms with van der Waals surface area (Å²) in [5.74, 6) is 0.988. The summed E-state index contributed by atoms with van der Waals surface area (Å²) in [6.45, 7) is 1.92. The number of anilines is 1. The maximum atomic E-state index is 13.2. The molecule has 2 aliphatic rings. The summed E-state index contributed by atoms with van der Waals surface area (Å²) in [7, 11) is 0. The normalized spacial score (nSPS) is 21.6. The number of nitrogens with zero attached hydrogens (tertiary/aromatic N) is 1. The van der Waals surface area contributed by atoms with Gasteiger partial charge in [0.2, 0.25) is 5.88 Å². The van der Waals surface area contributed by atoms with Crippen molar-refractivity contribution in [1.82, 2.24) is 5.16 Å². The van der Waals surface area contributed by atoms with Crippen molar-refractivity contribution >= 4 is 23.0 Å². The number of nitrogens with one attached hydrogen (secondary N) is 1. The highest BCUT2D eigenvalue weighted by Crippen LogP contribution is 2.49. The highest BCUT2D eigenvalue weighted by molar-refractivity contribution is 7.08. The second kappa shape index (κ2) is 6.09. The van der Waals surface area contributed by atoms with Gasteiger partial charge in [-0.2, -0.15) is 11.3 Å². The van der Waals surface area contributed by atoms with Crippen LogP contribution in [0.25, 0.3) is 0 Å². The van der Waals surface area contributed by atoms with Gasteiger partial charge in [0.15, 0.2) is 5.78 Å². The van der Waals surface area contributed by atoms with E-state index in [1.54, 1.807) is 23.5 Å². The molecule has 136 valence electrons. The van der Waals surface area contributed by atoms with Crippen LogP contribution in [0.4, 0.5) is 5.88 Å². The van der Waals surface area contributed by atoms with E-state index < -0.39 is 0 Å². The molecule has 0 radical (unpaired) electrons. The number of rotatable bonds is 2. The standard InChI is InChI=1S/C21H18N2O3S/c1-11-18-19(13-6-7-27-10-13)20-16(22-21(18)26-23-11)8-14(9-17(20)25)12-2-4-15(24)5-3-12/h2-7,10,14,19,22,24H,8-9H2,1H3/t14-,19-/m0/s1. The molecule has 3 aromatic rings. The molecule has 0 unspecified atom stereocenters. The maximum absolute atomic E-state index is 13.2. The van der Waals surface area contributed by atoms with Gasteiger partial charge in [-0.1, -0.05) is 17.3 Å². The number of Topliss-reactive ketones (excluding diaryl/α,β-unsaturated/α-hetero) is 1. The molecule has 0 amide bonds. The van der Waals surface area contributed by atoms with E-state index in [1.807, 2.05) is 24.4 Å². The van der Waals surface area contributed by atoms with Crippen molar-refractivity contribution in [2.24, 2.45) is 0 Å². The molecule has 1 aromatic carbocycles. The van der Waals surface area contributed by atoms with Crippen molar-refractivity contribution in [3.63, 3.8) is 0 Å². The summed E-state index contributed by atoms with van der Waals surface area (Å²) in [4.78, 5) is 13.2. The molecule has 2 aromatic heterocycles. The minimum Gasteiger partial charge on any atom is -0.508 e. The van der Waals surface area contributed by atoms with E-state index in [-0.39, 0.29) is 23.4 Å². The van der Waals surface area contributed by atoms with E-state index in [1.165, 1.54) is 0 Å². The third-order valence-corrected chi connectivity index (χ3v) is 6.20. The van der Waals surface area contributed by atoms with E-state index in [0.717, 1.165) is 40.1 Å². The van der Waals surface area contributed by atoms with Crippen molar-refractivity contribution in [1.29, 1.82) is 0 Å². The molecular weight excluding hydrogens is 360 g/mol. The number of ketones is 1. The lowest BCUT2D eigenvalue weighted by Crippen LogP contribution is -2.29. The number of phenols is 1. The highest BCUT2D eigenvalue weighted by atomic mass is 32.1. The van der Waals surface area contributed by atoms with Gasteiger partial charge in [-0.05, 0) is 59.3 Å². The second-order valence-electron chi connectivity index (χ2n) is 7.14. The second-order valence-corrected chi connectivity index (χ2v) is 7.92. The Morgan fingerprint density at radius 3 is 2.74 bits per heavy atom. The molecule has 2 atom stereocenters. The highest BCUT2D eigenvalue weighted by Gasteiger charge is 2.41. The number of allylic oxidation sites excluding steroid dienone is 2. The van der Waals surface area contributed by atoms with Crippen LogP contribution in [0.2, 0.25) is 0 Å². The molecule has 0 bridgehead atoms. The molecule has 2 N–H and O–H groups in total. The third kappa shape index (κ3) is 2.59. The number of carbonyl (C=O) groups is 1. The Balaban J connectivity index is 1.60. The zero-order valence-electron chi connectivity index (χ0n) is 14.7. The van der Waals surface area contributed by atoms with Crippen LogP contribution in [0, 0.1) is 6.92 Å². The number of phenolic OH excluding ortho intramolecular Hbond substituents is 1. The van der Waals surface area contributed by atoms with E-state index in [9.17, 15) is 9.90 Å². The van der Waals surface area contributed by atoms with Gasteiger partial charge in [-0.15, -0.1) is 0 Å². The van der Waals surface area contributed by atoms with Gasteiger partial charge in [0.1, 0.15) is 5.75 Å². The Labute approximate surface area is 160 Å². The molecule has 3 heterocycles. The number of carbonyl (C=O) groups excluding carboxylic acids is 1. The van der Waals surface area contributed by atoms with E-state index in [4.69, 9.17) is 4.52 Å². The van der Waals surface area contributed by atoms with Crippen LogP contribution in [0.15, 0.2) is 56.9 Å². The first-order valence-electron chi connectivity index (χ1n) is 8.92. The predicted molar refractivity (Wildman–Crippen MR) is 103 cm³/mol. The summed E-state index contributed by atoms with van der Waals surface area (Å²) in [6, 6.07) is 9.19. The van der Waals surface area contributed by atoms with Crippen LogP contribution in [0.3, 0.4) is 0 Å². The zero-order valence-corrected chi connectivity index (χ0v) is 15.5. The number of aromatic hydroxyl groups is 1. The van der Waals surface area contributed by atoms with E-state index in [0.29, 0.717) is 12.3 Å². The largest absolute Gasteiger partial charge is 0.508 e. The summed E-state index contributed by atoms with van der Waals surface area (Å²) in [6.07, 6.45) is 1.19. The van der Waals surface area contributed by atoms with Crippen molar-refractivity contribution in [2.45, 2.75) is 31.6 Å². The lowest BCUT2D eigenvalue weighted by molar-refractivity contribution is -0.116. The van der Waals surface area contributed by atoms with E-state index >= 15 is 0 Å². The summed E-state index contributed by atoms with van der Waals surface area (Å²) in [5, 5.41) is 21.1. The lowest BCUT2D eigenvalue weighted by atomic mass is 9.73. The topological polar surface area (TPSA) is 75.4 Å². The van der Waals surface area contributed by atoms with Gasteiger partial charge >= 0.3 is 0 Å². The van der Waals surface area contributed by atoms with Crippen LogP contribution >= 0.6 is 11.3 Å². The molecule has 0 fully saturated rings. The fraction of sp³-hybridized carbons (Fsp3) is 0.238. The minimum absolute atomic E-state index is 0.0815. The quantitative estimate of drug-likeness (QED) is 0.675. The monoisotopic (exact) mass is 378 g/mol. The number of aryl methyl sites for hydroxylation is 1. The van der Waals surface area contributed by atoms with E-state index in [2.05, 4.69) is 21.9 Å². The first-order valence-corrected chi connectivity index (χ1v) is 9.86. The average Bonchev–Trinajstić information content (AvgIpc) is 3.31. The lowest BCUT2D eigenvalue weighted by Gasteiger charge is -2.34. The molecule has 0 saturated heterocycles. The van der Waals surface area contributed by atoms with Crippen LogP contribution in [-0.4, -0.2) is 16.0 Å². The Kier molecular flexibility index (Phi) is 3.68. The first kappa shape index (κ1) is 16.3. The average molecular weight is 378 g/mol. The Morgan fingerprint density at radius 2 is 2.00 bits per heavy atom. The summed E-state index contributed by atoms with van der Waals surface area (Å²) < 4.78 is 5.52. The fourth-order valence-corrected chi connectivity index (χ4v) is 4.91. The first-order chi connectivity index (χ1) is 13.1. The van der Waals surface area contributed by atoms with Crippen molar-refractivity contribution < 1.29 is 14.4 Å². The molecule has 27 heavy (non-hydrogen) atoms. The molecule has 5 rings (SSSR count). The Hall–Kier alpha value is -2.86. The molecular formula is C21H18N2O3S. The van der Waals surface area contributed by atoms with Crippen molar-refractivity contribution in [3.05, 3.63) is 74.7 Å². The van der Waals surface area contributed by atoms with Crippen molar-refractivity contribution in [2.75, 3.05) is 5.32 Å². The molecule has 0 saturated carbocycles. The van der Waals surface area contributed by atoms with Gasteiger partial charge in [0.05, 0.1) is 11.3 Å². The summed E-state index contributed by atoms with van der Waals surface area (Å²) >= 11 is 1.63. The number of hydrogen-bond donors (Lipinski definition) is 2. The summed E-state index contributed by atoms with van der Waals surface area (Å²) in [5.41, 5.74) is 5.70. The third-order valence-electron chi connectivity index (χ3n) is 5.50. The van der Waals surface area contributed by atoms with Gasteiger partial charge < -0.3 is 14.9 Å². The number of aromatic nitrogens is 1. The number of thiophene rings is 1. The van der Waals surface area contributed by atoms with Crippen molar-refractivity contribution in [3.8, 4) is 5.75 Å².